The Morgan fingerprint density at radius 3 is 2.11 bits per heavy atom. The molecule has 0 saturated heterocycles. The summed E-state index contributed by atoms with van der Waals surface area (Å²) in [7, 11) is -3.82. The van der Waals surface area contributed by atoms with Crippen LogP contribution in [0.3, 0.4) is 0 Å². The summed E-state index contributed by atoms with van der Waals surface area (Å²) in [6.07, 6.45) is 4.14. The lowest BCUT2D eigenvalue weighted by Gasteiger charge is -2.08. The van der Waals surface area contributed by atoms with E-state index in [1.165, 1.54) is 5.56 Å². The van der Waals surface area contributed by atoms with Crippen LogP contribution >= 0.6 is 0 Å². The normalized spacial score (nSPS) is 12.8. The molecule has 0 amide bonds. The van der Waals surface area contributed by atoms with Gasteiger partial charge in [0.15, 0.2) is 0 Å². The number of rotatable bonds is 6. The summed E-state index contributed by atoms with van der Waals surface area (Å²) in [5.74, 6) is 0.591. The van der Waals surface area contributed by atoms with E-state index in [4.69, 9.17) is 4.18 Å². The molecule has 0 radical (unpaired) electrons. The maximum atomic E-state index is 12.3. The smallest absolute Gasteiger partial charge is 0.339 e. The van der Waals surface area contributed by atoms with Crippen molar-refractivity contribution in [1.82, 2.24) is 0 Å². The zero-order chi connectivity index (χ0) is 19.3. The highest BCUT2D eigenvalue weighted by Crippen LogP contribution is 2.21. The predicted molar refractivity (Wildman–Crippen MR) is 109 cm³/mol. The van der Waals surface area contributed by atoms with Crippen molar-refractivity contribution in [3.05, 3.63) is 102 Å². The second kappa shape index (κ2) is 8.23. The van der Waals surface area contributed by atoms with E-state index in [0.717, 1.165) is 11.1 Å². The van der Waals surface area contributed by atoms with Crippen LogP contribution in [0.15, 0.2) is 89.8 Å². The summed E-state index contributed by atoms with van der Waals surface area (Å²) < 4.78 is 29.9. The molecule has 0 aliphatic heterocycles. The van der Waals surface area contributed by atoms with Crippen molar-refractivity contribution in [2.24, 2.45) is 0 Å². The zero-order valence-electron chi connectivity index (χ0n) is 15.4. The fourth-order valence-corrected chi connectivity index (χ4v) is 3.57. The van der Waals surface area contributed by atoms with E-state index in [1.807, 2.05) is 43.3 Å². The lowest BCUT2D eigenvalue weighted by molar-refractivity contribution is 0.486. The second-order valence-corrected chi connectivity index (χ2v) is 8.02. The second-order valence-electron chi connectivity index (χ2n) is 6.48. The Hall–Kier alpha value is -2.85. The third-order valence-electron chi connectivity index (χ3n) is 4.30. The molecule has 1 atom stereocenters. The van der Waals surface area contributed by atoms with E-state index in [1.54, 1.807) is 36.4 Å². The highest BCUT2D eigenvalue weighted by Gasteiger charge is 2.16. The first kappa shape index (κ1) is 18.9. The molecule has 138 valence electrons. The summed E-state index contributed by atoms with van der Waals surface area (Å²) in [5.41, 5.74) is 3.23. The van der Waals surface area contributed by atoms with Crippen LogP contribution in [0.1, 0.15) is 29.5 Å². The maximum absolute atomic E-state index is 12.3. The van der Waals surface area contributed by atoms with Crippen LogP contribution in [-0.2, 0) is 10.1 Å². The van der Waals surface area contributed by atoms with Crippen molar-refractivity contribution in [2.45, 2.75) is 24.7 Å². The van der Waals surface area contributed by atoms with Crippen LogP contribution < -0.4 is 4.18 Å². The number of allylic oxidation sites excluding steroid dienone is 1. The number of hydrogen-bond donors (Lipinski definition) is 0. The average molecular weight is 378 g/mol. The van der Waals surface area contributed by atoms with Crippen molar-refractivity contribution in [3.8, 4) is 5.75 Å². The van der Waals surface area contributed by atoms with Gasteiger partial charge < -0.3 is 4.18 Å². The molecule has 0 aliphatic carbocycles. The maximum Gasteiger partial charge on any atom is 0.339 e. The van der Waals surface area contributed by atoms with Gasteiger partial charge in [0.25, 0.3) is 0 Å². The Bertz CT molecular complexity index is 1000. The highest BCUT2D eigenvalue weighted by molar-refractivity contribution is 7.87. The van der Waals surface area contributed by atoms with Gasteiger partial charge in [0.1, 0.15) is 10.6 Å². The van der Waals surface area contributed by atoms with Gasteiger partial charge in [-0.3, -0.25) is 0 Å². The molecule has 0 heterocycles. The molecule has 3 aromatic carbocycles. The summed E-state index contributed by atoms with van der Waals surface area (Å²) in [5, 5.41) is 0. The number of hydrogen-bond acceptors (Lipinski definition) is 3. The van der Waals surface area contributed by atoms with Crippen molar-refractivity contribution in [3.63, 3.8) is 0 Å². The van der Waals surface area contributed by atoms with Gasteiger partial charge in [-0.1, -0.05) is 79.2 Å². The van der Waals surface area contributed by atoms with E-state index in [0.29, 0.717) is 11.7 Å². The quantitative estimate of drug-likeness (QED) is 0.526. The molecular weight excluding hydrogens is 356 g/mol. The Morgan fingerprint density at radius 2 is 1.48 bits per heavy atom. The van der Waals surface area contributed by atoms with Crippen LogP contribution in [0.4, 0.5) is 0 Å². The molecule has 27 heavy (non-hydrogen) atoms. The van der Waals surface area contributed by atoms with Crippen molar-refractivity contribution in [2.75, 3.05) is 0 Å². The van der Waals surface area contributed by atoms with Gasteiger partial charge in [0, 0.05) is 0 Å². The van der Waals surface area contributed by atoms with Crippen LogP contribution in [-0.4, -0.2) is 8.42 Å². The topological polar surface area (TPSA) is 43.4 Å². The van der Waals surface area contributed by atoms with Gasteiger partial charge in [0.05, 0.1) is 0 Å². The Balaban J connectivity index is 1.68. The largest absolute Gasteiger partial charge is 0.379 e. The number of aryl methyl sites for hydroxylation is 1. The standard InChI is InChI=1S/C23H22O3S/c1-18-8-16-23(17-9-18)27(24,25)26-22-14-12-20(13-15-22)11-10-19(2)21-6-4-3-5-7-21/h3-17,19H,1-2H3/b11-10+/t19-/m0/s1. The average Bonchev–Trinajstić information content (AvgIpc) is 2.68. The SMILES string of the molecule is Cc1ccc(S(=O)(=O)Oc2ccc(/C=C/[C@H](C)c3ccccc3)cc2)cc1. The Kier molecular flexibility index (Phi) is 5.77. The zero-order valence-corrected chi connectivity index (χ0v) is 16.2. The molecule has 0 N–H and O–H groups in total. The van der Waals surface area contributed by atoms with Crippen LogP contribution in [0, 0.1) is 6.92 Å². The van der Waals surface area contributed by atoms with Gasteiger partial charge in [-0.25, -0.2) is 0 Å². The first-order valence-corrected chi connectivity index (χ1v) is 10.2. The van der Waals surface area contributed by atoms with Crippen molar-refractivity contribution < 1.29 is 12.6 Å². The third kappa shape index (κ3) is 5.08. The molecule has 0 saturated carbocycles. The number of benzene rings is 3. The van der Waals surface area contributed by atoms with Crippen LogP contribution in [0.25, 0.3) is 6.08 Å². The summed E-state index contributed by atoms with van der Waals surface area (Å²) >= 11 is 0. The van der Waals surface area contributed by atoms with Gasteiger partial charge in [-0.05, 0) is 48.2 Å². The fourth-order valence-electron chi connectivity index (χ4n) is 2.64. The lowest BCUT2D eigenvalue weighted by atomic mass is 10.00. The molecule has 0 unspecified atom stereocenters. The van der Waals surface area contributed by atoms with Crippen LogP contribution in [0.2, 0.25) is 0 Å². The minimum atomic E-state index is -3.82. The monoisotopic (exact) mass is 378 g/mol. The molecule has 0 fully saturated rings. The van der Waals surface area contributed by atoms with Crippen molar-refractivity contribution >= 4 is 16.2 Å². The summed E-state index contributed by atoms with van der Waals surface area (Å²) in [4.78, 5) is 0.147. The molecule has 0 spiro atoms. The minimum Gasteiger partial charge on any atom is -0.379 e. The van der Waals surface area contributed by atoms with E-state index in [9.17, 15) is 8.42 Å². The molecule has 3 rings (SSSR count). The third-order valence-corrected chi connectivity index (χ3v) is 5.56. The molecular formula is C23H22O3S. The highest BCUT2D eigenvalue weighted by atomic mass is 32.2. The lowest BCUT2D eigenvalue weighted by Crippen LogP contribution is -2.09. The molecule has 3 nitrogen and oxygen atoms in total. The molecule has 3 aromatic rings. The Labute approximate surface area is 161 Å². The van der Waals surface area contributed by atoms with E-state index in [-0.39, 0.29) is 4.90 Å². The summed E-state index contributed by atoms with van der Waals surface area (Å²) in [6, 6.07) is 23.9. The van der Waals surface area contributed by atoms with E-state index >= 15 is 0 Å². The minimum absolute atomic E-state index is 0.147. The Morgan fingerprint density at radius 1 is 0.852 bits per heavy atom. The summed E-state index contributed by atoms with van der Waals surface area (Å²) in [6.45, 7) is 4.04. The van der Waals surface area contributed by atoms with Gasteiger partial charge >= 0.3 is 10.1 Å². The molecule has 0 bridgehead atoms. The first-order valence-electron chi connectivity index (χ1n) is 8.78. The van der Waals surface area contributed by atoms with Crippen molar-refractivity contribution in [1.29, 1.82) is 0 Å². The first-order chi connectivity index (χ1) is 12.9. The molecule has 0 aliphatic rings. The molecule has 0 aromatic heterocycles. The van der Waals surface area contributed by atoms with Crippen LogP contribution in [0.5, 0.6) is 5.75 Å². The van der Waals surface area contributed by atoms with Gasteiger partial charge in [-0.2, -0.15) is 8.42 Å². The molecule has 4 heteroatoms. The van der Waals surface area contributed by atoms with E-state index in [2.05, 4.69) is 25.1 Å². The fraction of sp³-hybridized carbons (Fsp3) is 0.130. The van der Waals surface area contributed by atoms with Gasteiger partial charge in [-0.15, -0.1) is 0 Å². The van der Waals surface area contributed by atoms with Gasteiger partial charge in [0.2, 0.25) is 0 Å². The van der Waals surface area contributed by atoms with E-state index < -0.39 is 10.1 Å². The predicted octanol–water partition coefficient (Wildman–Crippen LogP) is 5.58.